The quantitative estimate of drug-likeness (QED) is 0.712. The van der Waals surface area contributed by atoms with Gasteiger partial charge in [-0.05, 0) is 11.8 Å². The molecule has 5 nitrogen and oxygen atoms in total. The SMILES string of the molecule is CC(C)(C)C1C[C@@H](N)[C@@H](COCC(N)=O)O1. The van der Waals surface area contributed by atoms with Gasteiger partial charge in [-0.25, -0.2) is 0 Å². The van der Waals surface area contributed by atoms with Crippen LogP contribution in [-0.2, 0) is 14.3 Å². The van der Waals surface area contributed by atoms with Crippen molar-refractivity contribution >= 4 is 5.91 Å². The van der Waals surface area contributed by atoms with Gasteiger partial charge in [0.1, 0.15) is 6.61 Å². The van der Waals surface area contributed by atoms with E-state index in [1.54, 1.807) is 0 Å². The van der Waals surface area contributed by atoms with Crippen LogP contribution < -0.4 is 11.5 Å². The summed E-state index contributed by atoms with van der Waals surface area (Å²) in [7, 11) is 0. The zero-order chi connectivity index (χ0) is 12.3. The van der Waals surface area contributed by atoms with E-state index in [1.165, 1.54) is 0 Å². The van der Waals surface area contributed by atoms with Crippen LogP contribution in [0.15, 0.2) is 0 Å². The van der Waals surface area contributed by atoms with E-state index in [-0.39, 0.29) is 30.3 Å². The Morgan fingerprint density at radius 2 is 2.12 bits per heavy atom. The van der Waals surface area contributed by atoms with Crippen molar-refractivity contribution in [3.05, 3.63) is 0 Å². The predicted molar refractivity (Wildman–Crippen MR) is 60.7 cm³/mol. The Bertz CT molecular complexity index is 250. The number of nitrogens with two attached hydrogens (primary N) is 2. The van der Waals surface area contributed by atoms with Gasteiger partial charge in [0, 0.05) is 6.04 Å². The summed E-state index contributed by atoms with van der Waals surface area (Å²) >= 11 is 0. The second-order valence-electron chi connectivity index (χ2n) is 5.41. The van der Waals surface area contributed by atoms with Crippen LogP contribution >= 0.6 is 0 Å². The molecule has 4 N–H and O–H groups in total. The summed E-state index contributed by atoms with van der Waals surface area (Å²) < 4.78 is 10.9. The summed E-state index contributed by atoms with van der Waals surface area (Å²) in [5.41, 5.74) is 11.0. The van der Waals surface area contributed by atoms with Crippen LogP contribution in [0.2, 0.25) is 0 Å². The summed E-state index contributed by atoms with van der Waals surface area (Å²) in [4.78, 5) is 10.5. The largest absolute Gasteiger partial charge is 0.370 e. The number of rotatable bonds is 4. The summed E-state index contributed by atoms with van der Waals surface area (Å²) in [6.07, 6.45) is 0.835. The Morgan fingerprint density at radius 3 is 2.56 bits per heavy atom. The van der Waals surface area contributed by atoms with Crippen molar-refractivity contribution in [3.63, 3.8) is 0 Å². The molecule has 94 valence electrons. The zero-order valence-corrected chi connectivity index (χ0v) is 10.2. The van der Waals surface area contributed by atoms with E-state index in [2.05, 4.69) is 20.8 Å². The first-order valence-corrected chi connectivity index (χ1v) is 5.58. The first-order valence-electron chi connectivity index (χ1n) is 5.58. The highest BCUT2D eigenvalue weighted by Gasteiger charge is 2.38. The minimum Gasteiger partial charge on any atom is -0.370 e. The number of primary amides is 1. The highest BCUT2D eigenvalue weighted by atomic mass is 16.5. The Morgan fingerprint density at radius 1 is 1.50 bits per heavy atom. The van der Waals surface area contributed by atoms with Gasteiger partial charge in [-0.3, -0.25) is 4.79 Å². The molecule has 0 saturated carbocycles. The minimum absolute atomic E-state index is 0.0305. The number of amides is 1. The summed E-state index contributed by atoms with van der Waals surface area (Å²) in [5.74, 6) is -0.473. The average Bonchev–Trinajstić information content (AvgIpc) is 2.46. The molecule has 16 heavy (non-hydrogen) atoms. The van der Waals surface area contributed by atoms with Gasteiger partial charge in [0.2, 0.25) is 5.91 Å². The maximum absolute atomic E-state index is 10.5. The lowest BCUT2D eigenvalue weighted by atomic mass is 9.87. The van der Waals surface area contributed by atoms with E-state index in [4.69, 9.17) is 20.9 Å². The lowest BCUT2D eigenvalue weighted by Gasteiger charge is -2.26. The molecular formula is C11H22N2O3. The fourth-order valence-electron chi connectivity index (χ4n) is 1.76. The minimum atomic E-state index is -0.473. The zero-order valence-electron chi connectivity index (χ0n) is 10.2. The second kappa shape index (κ2) is 5.12. The molecule has 5 heteroatoms. The maximum Gasteiger partial charge on any atom is 0.243 e. The van der Waals surface area contributed by atoms with E-state index in [0.717, 1.165) is 6.42 Å². The maximum atomic E-state index is 10.5. The number of carbonyl (C=O) groups excluding carboxylic acids is 1. The summed E-state index contributed by atoms with van der Waals surface area (Å²) in [6, 6.07) is -0.0305. The standard InChI is InChI=1S/C11H22N2O3/c1-11(2,3)9-4-7(12)8(16-9)5-15-6-10(13)14/h7-9H,4-6,12H2,1-3H3,(H2,13,14)/t7-,8-,9?/m1/s1. The van der Waals surface area contributed by atoms with Crippen molar-refractivity contribution in [2.75, 3.05) is 13.2 Å². The summed E-state index contributed by atoms with van der Waals surface area (Å²) in [5, 5.41) is 0. The van der Waals surface area contributed by atoms with Gasteiger partial charge in [0.05, 0.1) is 18.8 Å². The fraction of sp³-hybridized carbons (Fsp3) is 0.909. The van der Waals surface area contributed by atoms with Crippen LogP contribution in [0.25, 0.3) is 0 Å². The van der Waals surface area contributed by atoms with E-state index < -0.39 is 5.91 Å². The van der Waals surface area contributed by atoms with Gasteiger partial charge in [-0.15, -0.1) is 0 Å². The molecule has 1 unspecified atom stereocenters. The molecule has 1 aliphatic heterocycles. The molecular weight excluding hydrogens is 208 g/mol. The fourth-order valence-corrected chi connectivity index (χ4v) is 1.76. The van der Waals surface area contributed by atoms with Crippen LogP contribution in [0.5, 0.6) is 0 Å². The molecule has 0 bridgehead atoms. The van der Waals surface area contributed by atoms with Crippen LogP contribution in [0.3, 0.4) is 0 Å². The van der Waals surface area contributed by atoms with E-state index in [9.17, 15) is 4.79 Å². The van der Waals surface area contributed by atoms with Crippen LogP contribution in [0, 0.1) is 5.41 Å². The highest BCUT2D eigenvalue weighted by molar-refractivity contribution is 5.74. The smallest absolute Gasteiger partial charge is 0.243 e. The van der Waals surface area contributed by atoms with E-state index >= 15 is 0 Å². The van der Waals surface area contributed by atoms with Gasteiger partial charge in [-0.1, -0.05) is 20.8 Å². The molecule has 1 rings (SSSR count). The Hall–Kier alpha value is -0.650. The number of hydrogen-bond donors (Lipinski definition) is 2. The first kappa shape index (κ1) is 13.4. The van der Waals surface area contributed by atoms with Crippen molar-refractivity contribution < 1.29 is 14.3 Å². The Labute approximate surface area is 96.5 Å². The molecule has 1 amide bonds. The van der Waals surface area contributed by atoms with E-state index in [0.29, 0.717) is 6.61 Å². The molecule has 0 spiro atoms. The summed E-state index contributed by atoms with van der Waals surface area (Å²) in [6.45, 7) is 6.62. The molecule has 1 heterocycles. The third kappa shape index (κ3) is 3.73. The van der Waals surface area contributed by atoms with Gasteiger partial charge in [-0.2, -0.15) is 0 Å². The Balaban J connectivity index is 2.37. The molecule has 1 aliphatic rings. The first-order chi connectivity index (χ1) is 7.30. The van der Waals surface area contributed by atoms with Crippen molar-refractivity contribution in [2.24, 2.45) is 16.9 Å². The van der Waals surface area contributed by atoms with Crippen LogP contribution in [0.1, 0.15) is 27.2 Å². The lowest BCUT2D eigenvalue weighted by molar-refractivity contribution is -0.124. The molecule has 0 aliphatic carbocycles. The monoisotopic (exact) mass is 230 g/mol. The molecule has 0 aromatic heterocycles. The molecule has 0 radical (unpaired) electrons. The molecule has 1 fully saturated rings. The lowest BCUT2D eigenvalue weighted by Crippen LogP contribution is -2.35. The number of hydrogen-bond acceptors (Lipinski definition) is 4. The molecule has 3 atom stereocenters. The van der Waals surface area contributed by atoms with Crippen molar-refractivity contribution in [2.45, 2.75) is 45.4 Å². The van der Waals surface area contributed by atoms with Gasteiger partial charge >= 0.3 is 0 Å². The third-order valence-corrected chi connectivity index (χ3v) is 2.80. The second-order valence-corrected chi connectivity index (χ2v) is 5.41. The van der Waals surface area contributed by atoms with Crippen molar-refractivity contribution in [3.8, 4) is 0 Å². The highest BCUT2D eigenvalue weighted by Crippen LogP contribution is 2.32. The topological polar surface area (TPSA) is 87.6 Å². The normalized spacial score (nSPS) is 30.6. The molecule has 0 aromatic carbocycles. The number of carbonyl (C=O) groups is 1. The Kier molecular flexibility index (Phi) is 4.29. The van der Waals surface area contributed by atoms with Gasteiger partial charge in [0.15, 0.2) is 0 Å². The average molecular weight is 230 g/mol. The van der Waals surface area contributed by atoms with E-state index in [1.807, 2.05) is 0 Å². The van der Waals surface area contributed by atoms with Gasteiger partial charge < -0.3 is 20.9 Å². The third-order valence-electron chi connectivity index (χ3n) is 2.80. The molecule has 1 saturated heterocycles. The van der Waals surface area contributed by atoms with Crippen molar-refractivity contribution in [1.29, 1.82) is 0 Å². The molecule has 0 aromatic rings. The predicted octanol–water partition coefficient (Wildman–Crippen LogP) is 0.0192. The van der Waals surface area contributed by atoms with Gasteiger partial charge in [0.25, 0.3) is 0 Å². The number of ether oxygens (including phenoxy) is 2. The van der Waals surface area contributed by atoms with Crippen LogP contribution in [-0.4, -0.2) is 37.4 Å². The van der Waals surface area contributed by atoms with Crippen LogP contribution in [0.4, 0.5) is 0 Å². The van der Waals surface area contributed by atoms with Crippen molar-refractivity contribution in [1.82, 2.24) is 0 Å².